The minimum Gasteiger partial charge on any atom is -0.363 e. The maximum atomic E-state index is 13.4. The number of tetrazole rings is 1. The highest BCUT2D eigenvalue weighted by Crippen LogP contribution is 2.36. The average Bonchev–Trinajstić information content (AvgIpc) is 3.64. The van der Waals surface area contributed by atoms with Crippen LogP contribution in [0.25, 0.3) is 28.1 Å². The standard InChI is InChI=1S/C25H21Cl2N9O/c1-34(2)21-8-3-14(12-28-21)23-24(27)31-25(30-23)20-7-5-17-9-15(10-22(37)36(17)20)18-11-16(26)4-6-19(18)35-13-29-32-33-35/h3-4,6,8-13,20H,5,7H2,1-2H3,(H,30,31)/t20-/m0/s1. The van der Waals surface area contributed by atoms with E-state index in [0.29, 0.717) is 28.1 Å². The summed E-state index contributed by atoms with van der Waals surface area (Å²) >= 11 is 12.8. The summed E-state index contributed by atoms with van der Waals surface area (Å²) < 4.78 is 3.32. The molecule has 0 saturated carbocycles. The first-order chi connectivity index (χ1) is 17.9. The number of aromatic amines is 1. The smallest absolute Gasteiger partial charge is 0.252 e. The number of hydrogen-bond acceptors (Lipinski definition) is 7. The summed E-state index contributed by atoms with van der Waals surface area (Å²) in [6.45, 7) is 0. The Bertz CT molecular complexity index is 1660. The van der Waals surface area contributed by atoms with Gasteiger partial charge in [-0.2, -0.15) is 4.68 Å². The summed E-state index contributed by atoms with van der Waals surface area (Å²) in [5.41, 5.74) is 4.51. The first kappa shape index (κ1) is 23.4. The lowest BCUT2D eigenvalue weighted by Gasteiger charge is -2.15. The Labute approximate surface area is 221 Å². The number of halogens is 2. The van der Waals surface area contributed by atoms with Gasteiger partial charge in [-0.3, -0.25) is 4.79 Å². The van der Waals surface area contributed by atoms with Crippen LogP contribution >= 0.6 is 23.2 Å². The van der Waals surface area contributed by atoms with E-state index in [1.807, 2.05) is 49.3 Å². The molecule has 0 amide bonds. The molecular formula is C25H21Cl2N9O. The van der Waals surface area contributed by atoms with Crippen molar-refractivity contribution >= 4 is 29.0 Å². The van der Waals surface area contributed by atoms with Gasteiger partial charge in [0.2, 0.25) is 0 Å². The van der Waals surface area contributed by atoms with Crippen molar-refractivity contribution in [1.82, 2.24) is 39.7 Å². The Morgan fingerprint density at radius 1 is 1.08 bits per heavy atom. The summed E-state index contributed by atoms with van der Waals surface area (Å²) in [5, 5.41) is 12.3. The van der Waals surface area contributed by atoms with E-state index in [2.05, 4.69) is 30.5 Å². The summed E-state index contributed by atoms with van der Waals surface area (Å²) in [5.74, 6) is 1.48. The van der Waals surface area contributed by atoms with Gasteiger partial charge in [-0.15, -0.1) is 5.10 Å². The fourth-order valence-electron chi connectivity index (χ4n) is 4.74. The molecule has 1 aliphatic heterocycles. The molecule has 5 aromatic rings. The third-order valence-corrected chi connectivity index (χ3v) is 7.00. The van der Waals surface area contributed by atoms with Gasteiger partial charge in [-0.1, -0.05) is 23.2 Å². The van der Waals surface area contributed by atoms with Crippen LogP contribution in [0.1, 0.15) is 24.0 Å². The lowest BCUT2D eigenvalue weighted by molar-refractivity contribution is 0.572. The van der Waals surface area contributed by atoms with Crippen LogP contribution in [-0.4, -0.2) is 53.8 Å². The second-order valence-electron chi connectivity index (χ2n) is 9.00. The van der Waals surface area contributed by atoms with E-state index in [1.54, 1.807) is 27.6 Å². The molecule has 1 aromatic carbocycles. The van der Waals surface area contributed by atoms with Gasteiger partial charge in [-0.05, 0) is 65.2 Å². The van der Waals surface area contributed by atoms with Crippen LogP contribution in [0.5, 0.6) is 0 Å². The number of pyridine rings is 2. The van der Waals surface area contributed by atoms with E-state index in [4.69, 9.17) is 23.2 Å². The zero-order valence-corrected chi connectivity index (χ0v) is 21.4. The van der Waals surface area contributed by atoms with Gasteiger partial charge in [0.1, 0.15) is 18.0 Å². The van der Waals surface area contributed by atoms with Crippen LogP contribution in [0, 0.1) is 0 Å². The Hall–Kier alpha value is -4.02. The summed E-state index contributed by atoms with van der Waals surface area (Å²) in [6.07, 6.45) is 4.69. The van der Waals surface area contributed by atoms with E-state index in [1.165, 1.54) is 6.33 Å². The van der Waals surface area contributed by atoms with Crippen LogP contribution < -0.4 is 10.5 Å². The van der Waals surface area contributed by atoms with Gasteiger partial charge in [-0.25, -0.2) is 9.97 Å². The predicted octanol–water partition coefficient (Wildman–Crippen LogP) is 4.18. The molecule has 1 atom stereocenters. The average molecular weight is 534 g/mol. The van der Waals surface area contributed by atoms with Crippen molar-refractivity contribution in [2.75, 3.05) is 19.0 Å². The molecule has 0 radical (unpaired) electrons. The van der Waals surface area contributed by atoms with Crippen LogP contribution in [0.4, 0.5) is 5.82 Å². The van der Waals surface area contributed by atoms with Gasteiger partial charge < -0.3 is 14.5 Å². The number of fused-ring (bicyclic) bond motifs is 1. The summed E-state index contributed by atoms with van der Waals surface area (Å²) in [7, 11) is 3.87. The fraction of sp³-hybridized carbons (Fsp3) is 0.200. The van der Waals surface area contributed by atoms with Crippen molar-refractivity contribution < 1.29 is 0 Å². The molecule has 12 heteroatoms. The molecular weight excluding hydrogens is 513 g/mol. The van der Waals surface area contributed by atoms with Crippen LogP contribution in [0.2, 0.25) is 10.2 Å². The van der Waals surface area contributed by atoms with Crippen molar-refractivity contribution in [2.24, 2.45) is 0 Å². The van der Waals surface area contributed by atoms with Gasteiger partial charge in [0.15, 0.2) is 5.15 Å². The molecule has 0 spiro atoms. The molecule has 37 heavy (non-hydrogen) atoms. The normalized spacial score (nSPS) is 14.6. The molecule has 1 N–H and O–H groups in total. The van der Waals surface area contributed by atoms with Crippen molar-refractivity contribution in [3.8, 4) is 28.1 Å². The van der Waals surface area contributed by atoms with E-state index < -0.39 is 0 Å². The second kappa shape index (κ2) is 9.13. The van der Waals surface area contributed by atoms with Crippen molar-refractivity contribution in [1.29, 1.82) is 0 Å². The maximum absolute atomic E-state index is 13.4. The zero-order chi connectivity index (χ0) is 25.7. The molecule has 0 unspecified atom stereocenters. The summed E-state index contributed by atoms with van der Waals surface area (Å²) in [4.78, 5) is 27.7. The zero-order valence-electron chi connectivity index (χ0n) is 19.9. The molecule has 4 aromatic heterocycles. The number of nitrogens with zero attached hydrogens (tertiary/aromatic N) is 8. The quantitative estimate of drug-likeness (QED) is 0.360. The minimum absolute atomic E-state index is 0.135. The third kappa shape index (κ3) is 4.17. The Kier molecular flexibility index (Phi) is 5.77. The first-order valence-corrected chi connectivity index (χ1v) is 12.3. The maximum Gasteiger partial charge on any atom is 0.252 e. The SMILES string of the molecule is CN(C)c1ccc(-c2[nH]c([C@@H]3CCc4cc(-c5cc(Cl)ccc5-n5cnnn5)cc(=O)n43)nc2Cl)cn1. The number of anilines is 1. The number of hydrogen-bond donors (Lipinski definition) is 1. The Morgan fingerprint density at radius 3 is 2.68 bits per heavy atom. The van der Waals surface area contributed by atoms with Crippen LogP contribution in [0.15, 0.2) is 59.8 Å². The molecule has 0 fully saturated rings. The third-order valence-electron chi connectivity index (χ3n) is 6.49. The van der Waals surface area contributed by atoms with Gasteiger partial charge >= 0.3 is 0 Å². The van der Waals surface area contributed by atoms with E-state index in [0.717, 1.165) is 40.3 Å². The predicted molar refractivity (Wildman–Crippen MR) is 141 cm³/mol. The first-order valence-electron chi connectivity index (χ1n) is 11.6. The molecule has 0 aliphatic carbocycles. The largest absolute Gasteiger partial charge is 0.363 e. The van der Waals surface area contributed by atoms with Crippen LogP contribution in [-0.2, 0) is 6.42 Å². The van der Waals surface area contributed by atoms with E-state index >= 15 is 0 Å². The van der Waals surface area contributed by atoms with E-state index in [-0.39, 0.29) is 11.6 Å². The van der Waals surface area contributed by atoms with Gasteiger partial charge in [0.25, 0.3) is 5.56 Å². The van der Waals surface area contributed by atoms with Gasteiger partial charge in [0.05, 0.1) is 17.4 Å². The highest BCUT2D eigenvalue weighted by molar-refractivity contribution is 6.32. The number of benzene rings is 1. The number of H-pyrrole nitrogens is 1. The van der Waals surface area contributed by atoms with Gasteiger partial charge in [0, 0.05) is 48.2 Å². The Morgan fingerprint density at radius 2 is 1.95 bits per heavy atom. The highest BCUT2D eigenvalue weighted by Gasteiger charge is 2.29. The second-order valence-corrected chi connectivity index (χ2v) is 9.80. The molecule has 186 valence electrons. The van der Waals surface area contributed by atoms with Crippen molar-refractivity contribution in [2.45, 2.75) is 18.9 Å². The monoisotopic (exact) mass is 533 g/mol. The molecule has 5 heterocycles. The minimum atomic E-state index is -0.254. The number of nitrogens with one attached hydrogen (secondary N) is 1. The number of rotatable bonds is 5. The van der Waals surface area contributed by atoms with E-state index in [9.17, 15) is 4.79 Å². The number of aryl methyl sites for hydroxylation is 1. The number of imidazole rings is 1. The fourth-order valence-corrected chi connectivity index (χ4v) is 5.16. The molecule has 10 nitrogen and oxygen atoms in total. The van der Waals surface area contributed by atoms with Crippen molar-refractivity contribution in [3.63, 3.8) is 0 Å². The Balaban J connectivity index is 1.37. The van der Waals surface area contributed by atoms with Crippen LogP contribution in [0.3, 0.4) is 0 Å². The summed E-state index contributed by atoms with van der Waals surface area (Å²) in [6, 6.07) is 12.6. The lowest BCUT2D eigenvalue weighted by Crippen LogP contribution is -2.24. The highest BCUT2D eigenvalue weighted by atomic mass is 35.5. The molecule has 1 aliphatic rings. The van der Waals surface area contributed by atoms with Crippen molar-refractivity contribution in [3.05, 3.63) is 87.0 Å². The molecule has 6 rings (SSSR count). The lowest BCUT2D eigenvalue weighted by atomic mass is 10.0. The molecule has 0 bridgehead atoms. The molecule has 0 saturated heterocycles. The topological polar surface area (TPSA) is 110 Å². The number of aromatic nitrogens is 8.